The zero-order chi connectivity index (χ0) is 13.1. The van der Waals surface area contributed by atoms with Crippen molar-refractivity contribution in [2.75, 3.05) is 0 Å². The zero-order valence-electron chi connectivity index (χ0n) is 10.8. The Morgan fingerprint density at radius 2 is 2.06 bits per heavy atom. The topological polar surface area (TPSA) is 70.0 Å². The summed E-state index contributed by atoms with van der Waals surface area (Å²) in [6, 6.07) is 1.86. The van der Waals surface area contributed by atoms with Crippen LogP contribution in [0.4, 0.5) is 0 Å². The van der Waals surface area contributed by atoms with Crippen molar-refractivity contribution >= 4 is 10.0 Å². The van der Waals surface area contributed by atoms with Gasteiger partial charge in [0, 0.05) is 6.04 Å². The fourth-order valence-electron chi connectivity index (χ4n) is 2.66. The predicted molar refractivity (Wildman–Crippen MR) is 67.7 cm³/mol. The fraction of sp³-hybridized carbons (Fsp3) is 0.917. The number of nitrogens with one attached hydrogen (secondary N) is 1. The third kappa shape index (κ3) is 3.20. The number of hydrogen-bond donors (Lipinski definition) is 1. The summed E-state index contributed by atoms with van der Waals surface area (Å²) in [4.78, 5) is 0. The van der Waals surface area contributed by atoms with Gasteiger partial charge in [-0.3, -0.25) is 0 Å². The Kier molecular flexibility index (Phi) is 4.96. The Hall–Kier alpha value is -0.600. The molecule has 0 aromatic rings. The molecule has 1 fully saturated rings. The van der Waals surface area contributed by atoms with E-state index in [-0.39, 0.29) is 6.04 Å². The summed E-state index contributed by atoms with van der Waals surface area (Å²) in [6.45, 7) is 5.96. The summed E-state index contributed by atoms with van der Waals surface area (Å²) in [7, 11) is -3.48. The average Bonchev–Trinajstić information content (AvgIpc) is 2.60. The van der Waals surface area contributed by atoms with Crippen LogP contribution in [0.2, 0.25) is 0 Å². The van der Waals surface area contributed by atoms with E-state index in [1.807, 2.05) is 6.07 Å². The van der Waals surface area contributed by atoms with Crippen molar-refractivity contribution in [1.82, 2.24) is 4.72 Å². The molecule has 0 heterocycles. The first kappa shape index (κ1) is 14.5. The molecule has 4 unspecified atom stereocenters. The van der Waals surface area contributed by atoms with Crippen molar-refractivity contribution in [3.63, 3.8) is 0 Å². The first-order valence-corrected chi connectivity index (χ1v) is 7.91. The van der Waals surface area contributed by atoms with Gasteiger partial charge in [0.1, 0.15) is 0 Å². The van der Waals surface area contributed by atoms with E-state index in [1.54, 1.807) is 6.92 Å². The van der Waals surface area contributed by atoms with Crippen LogP contribution < -0.4 is 4.72 Å². The molecule has 1 rings (SSSR count). The highest BCUT2D eigenvalue weighted by Gasteiger charge is 2.36. The highest BCUT2D eigenvalue weighted by Crippen LogP contribution is 2.34. The molecule has 17 heavy (non-hydrogen) atoms. The van der Waals surface area contributed by atoms with E-state index in [1.165, 1.54) is 0 Å². The van der Waals surface area contributed by atoms with Gasteiger partial charge in [0.2, 0.25) is 10.0 Å². The largest absolute Gasteiger partial charge is 0.228 e. The van der Waals surface area contributed by atoms with Crippen LogP contribution in [-0.2, 0) is 10.0 Å². The van der Waals surface area contributed by atoms with Crippen LogP contribution in [-0.4, -0.2) is 19.7 Å². The molecular weight excluding hydrogens is 236 g/mol. The van der Waals surface area contributed by atoms with Gasteiger partial charge in [-0.1, -0.05) is 27.2 Å². The zero-order valence-corrected chi connectivity index (χ0v) is 11.6. The van der Waals surface area contributed by atoms with Gasteiger partial charge in [-0.15, -0.1) is 0 Å². The van der Waals surface area contributed by atoms with Gasteiger partial charge in [0.15, 0.2) is 5.25 Å². The summed E-state index contributed by atoms with van der Waals surface area (Å²) in [5.41, 5.74) is 0. The predicted octanol–water partition coefficient (Wildman–Crippen LogP) is 2.03. The number of sulfonamides is 1. The summed E-state index contributed by atoms with van der Waals surface area (Å²) >= 11 is 0. The Labute approximate surface area is 104 Å². The Morgan fingerprint density at radius 1 is 1.41 bits per heavy atom. The lowest BCUT2D eigenvalue weighted by Crippen LogP contribution is -2.42. The van der Waals surface area contributed by atoms with Crippen molar-refractivity contribution in [3.8, 4) is 6.07 Å². The lowest BCUT2D eigenvalue weighted by molar-refractivity contribution is 0.368. The molecule has 0 spiro atoms. The molecule has 0 aromatic carbocycles. The molecule has 0 radical (unpaired) electrons. The van der Waals surface area contributed by atoms with Crippen LogP contribution in [0, 0.1) is 23.2 Å². The Balaban J connectivity index is 2.70. The SMILES string of the molecule is CCC1CCC(NS(=O)(=O)C(C#N)CC)C1C. The second-order valence-corrected chi connectivity index (χ2v) is 6.79. The molecule has 4 nitrogen and oxygen atoms in total. The van der Waals surface area contributed by atoms with E-state index in [0.29, 0.717) is 18.3 Å². The van der Waals surface area contributed by atoms with E-state index in [9.17, 15) is 8.42 Å². The monoisotopic (exact) mass is 258 g/mol. The minimum atomic E-state index is -3.48. The van der Waals surface area contributed by atoms with Crippen molar-refractivity contribution in [1.29, 1.82) is 5.26 Å². The molecule has 0 bridgehead atoms. The maximum absolute atomic E-state index is 12.0. The van der Waals surface area contributed by atoms with Crippen LogP contribution in [0.5, 0.6) is 0 Å². The van der Waals surface area contributed by atoms with Crippen LogP contribution in [0.25, 0.3) is 0 Å². The van der Waals surface area contributed by atoms with Crippen molar-refractivity contribution in [2.24, 2.45) is 11.8 Å². The van der Waals surface area contributed by atoms with E-state index >= 15 is 0 Å². The first-order chi connectivity index (χ1) is 7.96. The molecule has 0 aliphatic heterocycles. The Bertz CT molecular complexity index is 386. The van der Waals surface area contributed by atoms with Crippen LogP contribution >= 0.6 is 0 Å². The molecular formula is C12H22N2O2S. The fourth-order valence-corrected chi connectivity index (χ4v) is 4.16. The molecule has 0 saturated heterocycles. The van der Waals surface area contributed by atoms with E-state index < -0.39 is 15.3 Å². The Morgan fingerprint density at radius 3 is 2.47 bits per heavy atom. The van der Waals surface area contributed by atoms with Crippen LogP contribution in [0.3, 0.4) is 0 Å². The van der Waals surface area contributed by atoms with Gasteiger partial charge in [-0.25, -0.2) is 13.1 Å². The average molecular weight is 258 g/mol. The van der Waals surface area contributed by atoms with Crippen molar-refractivity contribution in [2.45, 2.75) is 57.7 Å². The van der Waals surface area contributed by atoms with Gasteiger partial charge < -0.3 is 0 Å². The summed E-state index contributed by atoms with van der Waals surface area (Å²) in [5.74, 6) is 0.968. The van der Waals surface area contributed by atoms with E-state index in [4.69, 9.17) is 5.26 Å². The standard InChI is InChI=1S/C12H22N2O2S/c1-4-10-6-7-12(9(10)3)14-17(15,16)11(5-2)8-13/h9-12,14H,4-7H2,1-3H3. The second kappa shape index (κ2) is 5.83. The number of nitriles is 1. The molecule has 4 atom stereocenters. The quantitative estimate of drug-likeness (QED) is 0.820. The molecule has 1 N–H and O–H groups in total. The molecule has 1 aliphatic rings. The lowest BCUT2D eigenvalue weighted by atomic mass is 9.94. The van der Waals surface area contributed by atoms with E-state index in [0.717, 1.165) is 19.3 Å². The summed E-state index contributed by atoms with van der Waals surface area (Å²) < 4.78 is 26.6. The van der Waals surface area contributed by atoms with Crippen LogP contribution in [0.1, 0.15) is 46.5 Å². The number of nitrogens with zero attached hydrogens (tertiary/aromatic N) is 1. The normalized spacial score (nSPS) is 31.1. The maximum atomic E-state index is 12.0. The molecule has 0 amide bonds. The van der Waals surface area contributed by atoms with Crippen molar-refractivity contribution in [3.05, 3.63) is 0 Å². The van der Waals surface area contributed by atoms with Gasteiger partial charge >= 0.3 is 0 Å². The summed E-state index contributed by atoms with van der Waals surface area (Å²) in [5, 5.41) is 7.91. The minimum Gasteiger partial charge on any atom is -0.211 e. The smallest absolute Gasteiger partial charge is 0.211 e. The highest BCUT2D eigenvalue weighted by molar-refractivity contribution is 7.90. The highest BCUT2D eigenvalue weighted by atomic mass is 32.2. The van der Waals surface area contributed by atoms with Gasteiger partial charge in [0.05, 0.1) is 6.07 Å². The lowest BCUT2D eigenvalue weighted by Gasteiger charge is -2.22. The van der Waals surface area contributed by atoms with E-state index in [2.05, 4.69) is 18.6 Å². The molecule has 0 aromatic heterocycles. The summed E-state index contributed by atoms with van der Waals surface area (Å²) in [6.07, 6.45) is 3.40. The molecule has 5 heteroatoms. The maximum Gasteiger partial charge on any atom is 0.228 e. The molecule has 1 saturated carbocycles. The second-order valence-electron chi connectivity index (χ2n) is 4.90. The molecule has 1 aliphatic carbocycles. The van der Waals surface area contributed by atoms with Crippen LogP contribution in [0.15, 0.2) is 0 Å². The third-order valence-electron chi connectivity index (χ3n) is 3.96. The third-order valence-corrected chi connectivity index (χ3v) is 5.78. The number of rotatable bonds is 5. The van der Waals surface area contributed by atoms with Gasteiger partial charge in [0.25, 0.3) is 0 Å². The van der Waals surface area contributed by atoms with Gasteiger partial charge in [-0.2, -0.15) is 5.26 Å². The number of hydrogen-bond acceptors (Lipinski definition) is 3. The first-order valence-electron chi connectivity index (χ1n) is 6.37. The van der Waals surface area contributed by atoms with Gasteiger partial charge in [-0.05, 0) is 31.1 Å². The minimum absolute atomic E-state index is 0.00681. The molecule has 98 valence electrons. The van der Waals surface area contributed by atoms with Crippen molar-refractivity contribution < 1.29 is 8.42 Å².